The van der Waals surface area contributed by atoms with Gasteiger partial charge >= 0.3 is 0 Å². The predicted molar refractivity (Wildman–Crippen MR) is 131 cm³/mol. The molecule has 0 amide bonds. The van der Waals surface area contributed by atoms with Crippen molar-refractivity contribution < 1.29 is 28.5 Å². The number of benzene rings is 2. The van der Waals surface area contributed by atoms with Crippen molar-refractivity contribution >= 4 is 39.5 Å². The molecule has 9 heteroatoms. The Morgan fingerprint density at radius 3 is 2.31 bits per heavy atom. The zero-order valence-electron chi connectivity index (χ0n) is 19.4. The van der Waals surface area contributed by atoms with Crippen LogP contribution in [0.4, 0.5) is 11.5 Å². The second-order valence-electron chi connectivity index (χ2n) is 7.55. The number of carbonyl (C=O) groups excluding carboxylic acids is 2. The summed E-state index contributed by atoms with van der Waals surface area (Å²) in [5.41, 5.74) is 2.17. The molecule has 1 heterocycles. The van der Waals surface area contributed by atoms with Crippen LogP contribution in [-0.4, -0.2) is 62.2 Å². The van der Waals surface area contributed by atoms with Crippen LogP contribution in [0.15, 0.2) is 61.0 Å². The highest BCUT2D eigenvalue weighted by molar-refractivity contribution is 6.34. The van der Waals surface area contributed by atoms with E-state index in [1.54, 1.807) is 38.5 Å². The molecule has 0 unspecified atom stereocenters. The molecule has 1 aliphatic carbocycles. The number of hydrogen-bond donors (Lipinski definition) is 1. The van der Waals surface area contributed by atoms with Gasteiger partial charge in [0.2, 0.25) is 0 Å². The number of nitrogens with one attached hydrogen (secondary N) is 1. The first-order valence-corrected chi connectivity index (χ1v) is 11.0. The van der Waals surface area contributed by atoms with Gasteiger partial charge in [-0.2, -0.15) is 0 Å². The lowest BCUT2D eigenvalue weighted by atomic mass is 9.95. The zero-order chi connectivity index (χ0) is 24.6. The summed E-state index contributed by atoms with van der Waals surface area (Å²) in [4.78, 5) is 33.2. The summed E-state index contributed by atoms with van der Waals surface area (Å²) >= 11 is 0. The van der Waals surface area contributed by atoms with Crippen molar-refractivity contribution in [3.8, 4) is 11.5 Å². The standard InChI is InChI=1S/C26H25N3O6/c1-32-9-11-34-24-14-20-22(15-25(24)35-12-10-33-2)27-16-28-26(20)29-21-6-4-3-5-18(21)19-13-17(30)7-8-23(19)31/h3-8,13-16H,9-12H2,1-2H3,(H,27,28,29). The van der Waals surface area contributed by atoms with Crippen molar-refractivity contribution in [1.29, 1.82) is 0 Å². The van der Waals surface area contributed by atoms with Crippen molar-refractivity contribution in [2.75, 3.05) is 46.0 Å². The molecule has 0 aliphatic heterocycles. The van der Waals surface area contributed by atoms with Crippen molar-refractivity contribution in [1.82, 2.24) is 9.97 Å². The van der Waals surface area contributed by atoms with E-state index in [1.807, 2.05) is 12.1 Å². The highest BCUT2D eigenvalue weighted by atomic mass is 16.5. The van der Waals surface area contributed by atoms with E-state index < -0.39 is 0 Å². The molecule has 1 aromatic heterocycles. The summed E-state index contributed by atoms with van der Waals surface area (Å²) in [6, 6.07) is 10.8. The molecule has 35 heavy (non-hydrogen) atoms. The zero-order valence-corrected chi connectivity index (χ0v) is 19.4. The molecule has 0 saturated carbocycles. The van der Waals surface area contributed by atoms with Crippen molar-refractivity contribution in [2.24, 2.45) is 0 Å². The SMILES string of the molecule is COCCOc1cc2ncnc(Nc3ccccc3C3=CC(=O)C=CC3=O)c2cc1OCCOC. The van der Waals surface area contributed by atoms with Gasteiger partial charge in [0.1, 0.15) is 25.4 Å². The fourth-order valence-electron chi connectivity index (χ4n) is 3.53. The normalized spacial score (nSPS) is 13.1. The van der Waals surface area contributed by atoms with Gasteiger partial charge in [0.25, 0.3) is 0 Å². The first kappa shape index (κ1) is 24.1. The Labute approximate surface area is 202 Å². The van der Waals surface area contributed by atoms with Crippen LogP contribution in [-0.2, 0) is 19.1 Å². The highest BCUT2D eigenvalue weighted by Crippen LogP contribution is 2.36. The van der Waals surface area contributed by atoms with Crippen LogP contribution >= 0.6 is 0 Å². The molecule has 4 rings (SSSR count). The Balaban J connectivity index is 1.72. The van der Waals surface area contributed by atoms with E-state index in [0.29, 0.717) is 71.5 Å². The van der Waals surface area contributed by atoms with Gasteiger partial charge in [0, 0.05) is 42.5 Å². The number of ketones is 2. The first-order valence-electron chi connectivity index (χ1n) is 11.0. The first-order chi connectivity index (χ1) is 17.1. The summed E-state index contributed by atoms with van der Waals surface area (Å²) in [6.45, 7) is 1.52. The molecule has 1 N–H and O–H groups in total. The fraction of sp³-hybridized carbons (Fsp3) is 0.231. The maximum absolute atomic E-state index is 12.5. The Hall–Kier alpha value is -4.08. The smallest absolute Gasteiger partial charge is 0.186 e. The summed E-state index contributed by atoms with van der Waals surface area (Å²) in [5.74, 6) is 1.07. The molecule has 0 spiro atoms. The molecule has 180 valence electrons. The quantitative estimate of drug-likeness (QED) is 0.329. The van der Waals surface area contributed by atoms with Crippen LogP contribution in [0.25, 0.3) is 16.5 Å². The summed E-state index contributed by atoms with van der Waals surface area (Å²) in [7, 11) is 3.20. The molecule has 0 bridgehead atoms. The number of rotatable bonds is 11. The molecule has 0 saturated heterocycles. The third kappa shape index (κ3) is 5.71. The molecule has 9 nitrogen and oxygen atoms in total. The number of fused-ring (bicyclic) bond motifs is 1. The monoisotopic (exact) mass is 475 g/mol. The van der Waals surface area contributed by atoms with Gasteiger partial charge in [0.05, 0.1) is 18.7 Å². The highest BCUT2D eigenvalue weighted by Gasteiger charge is 2.19. The lowest BCUT2D eigenvalue weighted by Crippen LogP contribution is -2.09. The van der Waals surface area contributed by atoms with Gasteiger partial charge in [-0.05, 0) is 30.4 Å². The summed E-state index contributed by atoms with van der Waals surface area (Å²) in [5, 5.41) is 3.98. The molecule has 0 fully saturated rings. The largest absolute Gasteiger partial charge is 0.487 e. The minimum atomic E-state index is -0.238. The Bertz CT molecular complexity index is 1300. The average molecular weight is 476 g/mol. The van der Waals surface area contributed by atoms with Gasteiger partial charge in [-0.15, -0.1) is 0 Å². The van der Waals surface area contributed by atoms with E-state index in [2.05, 4.69) is 15.3 Å². The van der Waals surface area contributed by atoms with Gasteiger partial charge in [-0.1, -0.05) is 18.2 Å². The molecule has 0 radical (unpaired) electrons. The minimum absolute atomic E-state index is 0.235. The van der Waals surface area contributed by atoms with Crippen LogP contribution in [0.2, 0.25) is 0 Å². The molecule has 1 aliphatic rings. The molecule has 0 atom stereocenters. The van der Waals surface area contributed by atoms with Crippen LogP contribution in [0.5, 0.6) is 11.5 Å². The number of para-hydroxylation sites is 1. The van der Waals surface area contributed by atoms with E-state index >= 15 is 0 Å². The van der Waals surface area contributed by atoms with Crippen molar-refractivity contribution in [2.45, 2.75) is 0 Å². The average Bonchev–Trinajstić information content (AvgIpc) is 2.87. The number of hydrogen-bond acceptors (Lipinski definition) is 9. The topological polar surface area (TPSA) is 109 Å². The van der Waals surface area contributed by atoms with Crippen LogP contribution < -0.4 is 14.8 Å². The van der Waals surface area contributed by atoms with E-state index in [9.17, 15) is 9.59 Å². The number of aromatic nitrogens is 2. The van der Waals surface area contributed by atoms with Crippen LogP contribution in [0.1, 0.15) is 5.56 Å². The summed E-state index contributed by atoms with van der Waals surface area (Å²) in [6.07, 6.45) is 5.32. The van der Waals surface area contributed by atoms with E-state index in [1.165, 1.54) is 24.6 Å². The Morgan fingerprint density at radius 1 is 0.857 bits per heavy atom. The Kier molecular flexibility index (Phi) is 7.81. The number of allylic oxidation sites excluding steroid dienone is 4. The minimum Gasteiger partial charge on any atom is -0.487 e. The van der Waals surface area contributed by atoms with Gasteiger partial charge in [-0.25, -0.2) is 9.97 Å². The van der Waals surface area contributed by atoms with Crippen molar-refractivity contribution in [3.63, 3.8) is 0 Å². The number of nitrogens with zero attached hydrogens (tertiary/aromatic N) is 2. The molecule has 2 aromatic carbocycles. The van der Waals surface area contributed by atoms with Crippen molar-refractivity contribution in [3.05, 3.63) is 66.5 Å². The molecule has 3 aromatic rings. The fourth-order valence-corrected chi connectivity index (χ4v) is 3.53. The molecular weight excluding hydrogens is 450 g/mol. The van der Waals surface area contributed by atoms with E-state index in [-0.39, 0.29) is 11.6 Å². The molecular formula is C26H25N3O6. The van der Waals surface area contributed by atoms with Crippen LogP contribution in [0.3, 0.4) is 0 Å². The van der Waals surface area contributed by atoms with E-state index in [4.69, 9.17) is 18.9 Å². The number of methoxy groups -OCH3 is 2. The summed E-state index contributed by atoms with van der Waals surface area (Å²) < 4.78 is 21.9. The second kappa shape index (κ2) is 11.4. The Morgan fingerprint density at radius 2 is 1.57 bits per heavy atom. The predicted octanol–water partition coefficient (Wildman–Crippen LogP) is 3.52. The van der Waals surface area contributed by atoms with Gasteiger partial charge in [0.15, 0.2) is 23.1 Å². The van der Waals surface area contributed by atoms with Crippen LogP contribution in [0, 0.1) is 0 Å². The maximum Gasteiger partial charge on any atom is 0.186 e. The second-order valence-corrected chi connectivity index (χ2v) is 7.55. The number of carbonyl (C=O) groups is 2. The maximum atomic E-state index is 12.5. The van der Waals surface area contributed by atoms with Gasteiger partial charge < -0.3 is 24.3 Å². The van der Waals surface area contributed by atoms with Gasteiger partial charge in [-0.3, -0.25) is 9.59 Å². The number of ether oxygens (including phenoxy) is 4. The lowest BCUT2D eigenvalue weighted by Gasteiger charge is -2.17. The third-order valence-electron chi connectivity index (χ3n) is 5.21. The lowest BCUT2D eigenvalue weighted by molar-refractivity contribution is -0.113. The number of anilines is 2. The van der Waals surface area contributed by atoms with E-state index in [0.717, 1.165) is 0 Å². The third-order valence-corrected chi connectivity index (χ3v) is 5.21.